The topological polar surface area (TPSA) is 113 Å². The Morgan fingerprint density at radius 2 is 2.03 bits per heavy atom. The summed E-state index contributed by atoms with van der Waals surface area (Å²) in [5, 5.41) is 29.6. The lowest BCUT2D eigenvalue weighted by Crippen LogP contribution is -2.28. The van der Waals surface area contributed by atoms with E-state index in [0.29, 0.717) is 36.8 Å². The maximum Gasteiger partial charge on any atom is 0.344 e. The maximum atomic E-state index is 12.4. The molecule has 2 fully saturated rings. The first-order valence-electron chi connectivity index (χ1n) is 12.3. The van der Waals surface area contributed by atoms with Crippen molar-refractivity contribution in [2.45, 2.75) is 88.9 Å². The molecule has 7 nitrogen and oxygen atoms in total. The van der Waals surface area contributed by atoms with Gasteiger partial charge in [0.25, 0.3) is 0 Å². The molecule has 0 saturated heterocycles. The quantitative estimate of drug-likeness (QED) is 0.434. The van der Waals surface area contributed by atoms with Crippen LogP contribution in [0.1, 0.15) is 69.4 Å². The summed E-state index contributed by atoms with van der Waals surface area (Å²) in [4.78, 5) is 23.2. The Kier molecular flexibility index (Phi) is 7.29. The molecule has 0 radical (unpaired) electrons. The molecule has 0 unspecified atom stereocenters. The summed E-state index contributed by atoms with van der Waals surface area (Å²) in [7, 11) is 0. The van der Waals surface area contributed by atoms with Crippen LogP contribution in [-0.2, 0) is 27.2 Å². The number of benzene rings is 1. The third-order valence-corrected chi connectivity index (χ3v) is 7.93. The second kappa shape index (κ2) is 10.0. The number of rotatable bonds is 11. The van der Waals surface area contributed by atoms with Crippen LogP contribution < -0.4 is 4.74 Å². The molecule has 2 saturated carbocycles. The zero-order valence-electron chi connectivity index (χ0n) is 19.4. The standard InChI is InChI=1S/C26H36O7/c1-2-18(27)6-7-19-20-12-16-4-3-5-23(21(16)13-17(20)14-22(19)28)32-15-25(31)33-26(10-11-26)9-8-24(29)30/h3-5,17-20,22,27-28H,2,6-15H2,1H3,(H,29,30)/t17-,18-,19+,20-,22+/m0/s1. The van der Waals surface area contributed by atoms with E-state index in [1.165, 1.54) is 5.56 Å². The molecular formula is C26H36O7. The van der Waals surface area contributed by atoms with Crippen LogP contribution in [0.3, 0.4) is 0 Å². The Morgan fingerprint density at radius 1 is 1.24 bits per heavy atom. The van der Waals surface area contributed by atoms with Crippen molar-refractivity contribution in [1.29, 1.82) is 0 Å². The number of aliphatic hydroxyl groups is 2. The average molecular weight is 461 g/mol. The zero-order valence-corrected chi connectivity index (χ0v) is 19.4. The van der Waals surface area contributed by atoms with E-state index in [4.69, 9.17) is 14.6 Å². The highest BCUT2D eigenvalue weighted by Gasteiger charge is 2.47. The molecule has 0 amide bonds. The molecule has 1 aromatic carbocycles. The van der Waals surface area contributed by atoms with Crippen molar-refractivity contribution >= 4 is 11.9 Å². The van der Waals surface area contributed by atoms with Crippen LogP contribution in [-0.4, -0.2) is 51.7 Å². The molecule has 0 spiro atoms. The number of fused-ring (bicyclic) bond motifs is 2. The van der Waals surface area contributed by atoms with Gasteiger partial charge in [-0.3, -0.25) is 4.79 Å². The number of carbonyl (C=O) groups is 2. The lowest BCUT2D eigenvalue weighted by Gasteiger charge is -2.32. The van der Waals surface area contributed by atoms with Gasteiger partial charge in [0.1, 0.15) is 11.4 Å². The third kappa shape index (κ3) is 5.69. The molecule has 0 aliphatic heterocycles. The Morgan fingerprint density at radius 3 is 2.73 bits per heavy atom. The van der Waals surface area contributed by atoms with E-state index in [-0.39, 0.29) is 31.2 Å². The van der Waals surface area contributed by atoms with Crippen LogP contribution in [0.25, 0.3) is 0 Å². The Bertz CT molecular complexity index is 862. The van der Waals surface area contributed by atoms with Gasteiger partial charge in [-0.1, -0.05) is 19.1 Å². The number of hydrogen-bond donors (Lipinski definition) is 3. The first-order valence-corrected chi connectivity index (χ1v) is 12.3. The van der Waals surface area contributed by atoms with Gasteiger partial charge in [-0.15, -0.1) is 0 Å². The molecule has 3 aliphatic carbocycles. The summed E-state index contributed by atoms with van der Waals surface area (Å²) in [6, 6.07) is 5.92. The molecule has 0 aromatic heterocycles. The van der Waals surface area contributed by atoms with Crippen LogP contribution in [0.15, 0.2) is 18.2 Å². The number of carboxylic acids is 1. The largest absolute Gasteiger partial charge is 0.482 e. The van der Waals surface area contributed by atoms with Gasteiger partial charge in [0, 0.05) is 6.42 Å². The highest BCUT2D eigenvalue weighted by Crippen LogP contribution is 2.48. The summed E-state index contributed by atoms with van der Waals surface area (Å²) in [5.41, 5.74) is 1.69. The molecule has 3 N–H and O–H groups in total. The van der Waals surface area contributed by atoms with Crippen molar-refractivity contribution in [2.24, 2.45) is 17.8 Å². The fourth-order valence-electron chi connectivity index (χ4n) is 5.81. The minimum atomic E-state index is -0.886. The van der Waals surface area contributed by atoms with Crippen molar-refractivity contribution < 1.29 is 34.4 Å². The number of aliphatic hydroxyl groups excluding tert-OH is 2. The molecule has 182 valence electrons. The van der Waals surface area contributed by atoms with Gasteiger partial charge >= 0.3 is 11.9 Å². The van der Waals surface area contributed by atoms with Gasteiger partial charge in [0.15, 0.2) is 6.61 Å². The Labute approximate surface area is 195 Å². The number of aliphatic carboxylic acids is 1. The summed E-state index contributed by atoms with van der Waals surface area (Å²) < 4.78 is 11.4. The predicted molar refractivity (Wildman–Crippen MR) is 121 cm³/mol. The number of ether oxygens (including phenoxy) is 2. The molecule has 7 heteroatoms. The maximum absolute atomic E-state index is 12.4. The van der Waals surface area contributed by atoms with E-state index < -0.39 is 17.5 Å². The highest BCUT2D eigenvalue weighted by molar-refractivity contribution is 5.72. The van der Waals surface area contributed by atoms with E-state index in [1.807, 2.05) is 19.1 Å². The smallest absolute Gasteiger partial charge is 0.344 e. The average Bonchev–Trinajstić information content (AvgIpc) is 3.48. The lowest BCUT2D eigenvalue weighted by molar-refractivity contribution is -0.155. The van der Waals surface area contributed by atoms with Gasteiger partial charge in [0.05, 0.1) is 12.2 Å². The number of carboxylic acid groups (broad SMARTS) is 1. The summed E-state index contributed by atoms with van der Waals surface area (Å²) in [6.07, 6.45) is 5.88. The van der Waals surface area contributed by atoms with Crippen molar-refractivity contribution in [3.8, 4) is 5.75 Å². The Balaban J connectivity index is 1.35. The molecule has 0 bridgehead atoms. The number of carbonyl (C=O) groups excluding carboxylic acids is 1. The minimum absolute atomic E-state index is 0.00681. The zero-order chi connectivity index (χ0) is 23.6. The molecule has 3 aliphatic rings. The summed E-state index contributed by atoms with van der Waals surface area (Å²) >= 11 is 0. The fourth-order valence-corrected chi connectivity index (χ4v) is 5.81. The SMILES string of the molecule is CC[C@H](O)CC[C@@H]1[C@H]2Cc3cccc(OCC(=O)OC4(CCC(=O)O)CC4)c3C[C@H]2C[C@H]1O. The van der Waals surface area contributed by atoms with E-state index in [2.05, 4.69) is 6.07 Å². The van der Waals surface area contributed by atoms with Gasteiger partial charge < -0.3 is 24.8 Å². The molecular weight excluding hydrogens is 424 g/mol. The van der Waals surface area contributed by atoms with Crippen molar-refractivity contribution in [2.75, 3.05) is 6.61 Å². The first kappa shape index (κ1) is 24.0. The van der Waals surface area contributed by atoms with Crippen LogP contribution in [0, 0.1) is 17.8 Å². The second-order valence-corrected chi connectivity index (χ2v) is 10.2. The summed E-state index contributed by atoms with van der Waals surface area (Å²) in [5.74, 6) is 0.333. The van der Waals surface area contributed by atoms with E-state index in [9.17, 15) is 19.8 Å². The van der Waals surface area contributed by atoms with E-state index >= 15 is 0 Å². The highest BCUT2D eigenvalue weighted by atomic mass is 16.6. The van der Waals surface area contributed by atoms with Crippen LogP contribution in [0.2, 0.25) is 0 Å². The fraction of sp³-hybridized carbons (Fsp3) is 0.692. The molecule has 5 atom stereocenters. The predicted octanol–water partition coefficient (Wildman–Crippen LogP) is 3.27. The van der Waals surface area contributed by atoms with E-state index in [0.717, 1.165) is 44.1 Å². The van der Waals surface area contributed by atoms with Gasteiger partial charge in [-0.2, -0.15) is 0 Å². The number of hydrogen-bond acceptors (Lipinski definition) is 6. The minimum Gasteiger partial charge on any atom is -0.482 e. The van der Waals surface area contributed by atoms with Crippen molar-refractivity contribution in [3.63, 3.8) is 0 Å². The Hall–Kier alpha value is -2.12. The second-order valence-electron chi connectivity index (χ2n) is 10.2. The lowest BCUT2D eigenvalue weighted by atomic mass is 9.73. The van der Waals surface area contributed by atoms with E-state index in [1.54, 1.807) is 0 Å². The van der Waals surface area contributed by atoms with Crippen molar-refractivity contribution in [1.82, 2.24) is 0 Å². The molecule has 0 heterocycles. The van der Waals surface area contributed by atoms with Crippen LogP contribution >= 0.6 is 0 Å². The third-order valence-electron chi connectivity index (χ3n) is 7.93. The van der Waals surface area contributed by atoms with Gasteiger partial charge in [-0.05, 0) is 92.7 Å². The van der Waals surface area contributed by atoms with Crippen LogP contribution in [0.4, 0.5) is 0 Å². The van der Waals surface area contributed by atoms with Crippen molar-refractivity contribution in [3.05, 3.63) is 29.3 Å². The normalized spacial score (nSPS) is 27.8. The molecule has 4 rings (SSSR count). The van der Waals surface area contributed by atoms with Gasteiger partial charge in [-0.25, -0.2) is 4.79 Å². The molecule has 1 aromatic rings. The molecule has 33 heavy (non-hydrogen) atoms. The number of esters is 1. The van der Waals surface area contributed by atoms with Gasteiger partial charge in [0.2, 0.25) is 0 Å². The van der Waals surface area contributed by atoms with Crippen LogP contribution in [0.5, 0.6) is 5.75 Å². The summed E-state index contributed by atoms with van der Waals surface area (Å²) in [6.45, 7) is 1.78. The first-order chi connectivity index (χ1) is 15.8. The monoisotopic (exact) mass is 460 g/mol.